The molecule has 5 aromatic rings. The Kier molecular flexibility index (Phi) is 7.73. The summed E-state index contributed by atoms with van der Waals surface area (Å²) in [7, 11) is 0. The second kappa shape index (κ2) is 11.8. The highest BCUT2D eigenvalue weighted by molar-refractivity contribution is 5.77. The maximum atomic E-state index is 11.9. The first kappa shape index (κ1) is 28.9. The Balaban J connectivity index is 1.41. The van der Waals surface area contributed by atoms with E-state index in [4.69, 9.17) is 10.7 Å². The van der Waals surface area contributed by atoms with Crippen LogP contribution in [0, 0.1) is 0 Å². The predicted molar refractivity (Wildman–Crippen MR) is 158 cm³/mol. The van der Waals surface area contributed by atoms with Crippen LogP contribution in [0.15, 0.2) is 67.1 Å². The summed E-state index contributed by atoms with van der Waals surface area (Å²) in [6.45, 7) is -0.463. The largest absolute Gasteiger partial charge is 0.508 e. The van der Waals surface area contributed by atoms with Crippen molar-refractivity contribution in [3.05, 3.63) is 78.2 Å². The molecule has 1 fully saturated rings. The average molecular weight is 602 g/mol. The number of aliphatic hydroxyl groups is 3. The van der Waals surface area contributed by atoms with Crippen molar-refractivity contribution in [3.8, 4) is 17.4 Å². The Hall–Kier alpha value is -5.25. The van der Waals surface area contributed by atoms with Gasteiger partial charge in [-0.1, -0.05) is 24.3 Å². The topological polar surface area (TPSA) is 230 Å². The van der Waals surface area contributed by atoms with Gasteiger partial charge in [0.05, 0.1) is 36.4 Å². The number of carbonyl (C=O) groups is 1. The van der Waals surface area contributed by atoms with Crippen LogP contribution in [0.3, 0.4) is 0 Å². The van der Waals surface area contributed by atoms with Crippen molar-refractivity contribution in [1.29, 1.82) is 0 Å². The van der Waals surface area contributed by atoms with Crippen molar-refractivity contribution in [2.75, 3.05) is 24.2 Å². The number of aromatic nitrogens is 6. The lowest BCUT2D eigenvalue weighted by atomic mass is 9.91. The molecule has 15 heteroatoms. The van der Waals surface area contributed by atoms with E-state index in [1.165, 1.54) is 17.1 Å². The van der Waals surface area contributed by atoms with Gasteiger partial charge in [0, 0.05) is 12.5 Å². The fraction of sp³-hybridized carbons (Fsp3) is 0.276. The van der Waals surface area contributed by atoms with Gasteiger partial charge in [-0.2, -0.15) is 10.1 Å². The first-order valence-corrected chi connectivity index (χ1v) is 13.9. The minimum absolute atomic E-state index is 0.113. The molecular weight excluding hydrogens is 570 g/mol. The van der Waals surface area contributed by atoms with Crippen molar-refractivity contribution in [2.24, 2.45) is 0 Å². The number of amides is 1. The lowest BCUT2D eigenvalue weighted by molar-refractivity contribution is -0.125. The van der Waals surface area contributed by atoms with E-state index in [0.717, 1.165) is 11.1 Å². The fourth-order valence-corrected chi connectivity index (χ4v) is 5.57. The Morgan fingerprint density at radius 1 is 0.977 bits per heavy atom. The number of carbonyl (C=O) groups excluding carboxylic acids is 1. The third kappa shape index (κ3) is 5.58. The number of rotatable bonds is 9. The van der Waals surface area contributed by atoms with E-state index in [9.17, 15) is 30.3 Å². The molecule has 228 valence electrons. The number of phenols is 2. The number of hydrogen-bond donors (Lipinski definition) is 8. The number of nitrogens with one attached hydrogen (secondary N) is 2. The Labute approximate surface area is 250 Å². The predicted octanol–water partition coefficient (Wildman–Crippen LogP) is 0.393. The quantitative estimate of drug-likeness (QED) is 0.115. The van der Waals surface area contributed by atoms with Crippen molar-refractivity contribution >= 4 is 28.7 Å². The van der Waals surface area contributed by atoms with Crippen LogP contribution in [0.1, 0.15) is 29.5 Å². The summed E-state index contributed by atoms with van der Waals surface area (Å²) < 4.78 is 3.06. The summed E-state index contributed by atoms with van der Waals surface area (Å²) in [5.41, 5.74) is 8.74. The molecule has 3 aromatic heterocycles. The molecule has 1 aliphatic rings. The number of hydrogen-bond acceptors (Lipinski definition) is 12. The molecular formula is C29H31N9O6. The van der Waals surface area contributed by atoms with Crippen molar-refractivity contribution in [2.45, 2.75) is 36.6 Å². The molecule has 15 nitrogen and oxygen atoms in total. The molecule has 6 rings (SSSR count). The summed E-state index contributed by atoms with van der Waals surface area (Å²) in [6.07, 6.45) is 1.99. The molecule has 0 bridgehead atoms. The second-order valence-corrected chi connectivity index (χ2v) is 10.6. The van der Waals surface area contributed by atoms with Gasteiger partial charge in [0.1, 0.15) is 35.8 Å². The van der Waals surface area contributed by atoms with Crippen molar-refractivity contribution in [3.63, 3.8) is 0 Å². The molecule has 1 aliphatic carbocycles. The van der Waals surface area contributed by atoms with Crippen LogP contribution >= 0.6 is 0 Å². The summed E-state index contributed by atoms with van der Waals surface area (Å²) in [5.74, 6) is -0.169. The Morgan fingerprint density at radius 2 is 1.64 bits per heavy atom. The number of aliphatic hydroxyl groups excluding tert-OH is 3. The maximum Gasteiger partial charge on any atom is 0.252 e. The summed E-state index contributed by atoms with van der Waals surface area (Å²) >= 11 is 0. The molecule has 0 unspecified atom stereocenters. The average Bonchev–Trinajstić information content (AvgIpc) is 3.70. The highest BCUT2D eigenvalue weighted by Gasteiger charge is 2.44. The lowest BCUT2D eigenvalue weighted by Gasteiger charge is -2.23. The highest BCUT2D eigenvalue weighted by atomic mass is 16.3. The first-order valence-electron chi connectivity index (χ1n) is 13.9. The number of imidazole rings is 1. The number of nitrogen functional groups attached to an aromatic ring is 1. The van der Waals surface area contributed by atoms with Gasteiger partial charge in [-0.3, -0.25) is 9.36 Å². The number of anilines is 2. The third-order valence-corrected chi connectivity index (χ3v) is 7.76. The van der Waals surface area contributed by atoms with Crippen molar-refractivity contribution in [1.82, 2.24) is 34.6 Å². The Bertz CT molecular complexity index is 1730. The fourth-order valence-electron chi connectivity index (χ4n) is 5.57. The van der Waals surface area contributed by atoms with Gasteiger partial charge in [-0.25, -0.2) is 14.6 Å². The second-order valence-electron chi connectivity index (χ2n) is 10.6. The van der Waals surface area contributed by atoms with E-state index < -0.39 is 36.8 Å². The third-order valence-electron chi connectivity index (χ3n) is 7.76. The molecule has 44 heavy (non-hydrogen) atoms. The van der Waals surface area contributed by atoms with Crippen molar-refractivity contribution < 1.29 is 30.3 Å². The van der Waals surface area contributed by atoms with Gasteiger partial charge < -0.3 is 41.9 Å². The minimum atomic E-state index is -1.32. The molecule has 0 saturated heterocycles. The number of benzene rings is 2. The van der Waals surface area contributed by atoms with Crippen LogP contribution in [0.5, 0.6) is 11.5 Å². The van der Waals surface area contributed by atoms with Gasteiger partial charge in [0.15, 0.2) is 5.65 Å². The molecule has 9 N–H and O–H groups in total. The number of phenolic OH excluding ortho intramolecular Hbond substituents is 2. The summed E-state index contributed by atoms with van der Waals surface area (Å²) in [5, 5.41) is 61.1. The first-order chi connectivity index (χ1) is 21.2. The van der Waals surface area contributed by atoms with E-state index in [1.54, 1.807) is 59.3 Å². The van der Waals surface area contributed by atoms with Crippen LogP contribution < -0.4 is 16.4 Å². The molecule has 4 atom stereocenters. The van der Waals surface area contributed by atoms with E-state index in [-0.39, 0.29) is 29.8 Å². The van der Waals surface area contributed by atoms with E-state index in [2.05, 4.69) is 25.7 Å². The molecule has 0 spiro atoms. The normalized spacial score (nSPS) is 19.9. The summed E-state index contributed by atoms with van der Waals surface area (Å²) in [4.78, 5) is 25.7. The highest BCUT2D eigenvalue weighted by Crippen LogP contribution is 2.37. The standard InChI is InChI=1S/C29H31N9O6/c30-17-10-33-37(13-17)28-32-12-22-27(36-28)38(23-9-21(25(43)26(23)44)34-24(42)14-39)29(35-22)31-11-20(15-1-5-18(40)6-2-15)16-3-7-19(41)8-4-16/h1-8,10,12-13,20-21,23,25-26,39-41,43-44H,9,11,14,30H2,(H,31,35)(H,34,42)/t21-,23+,25+,26-/m0/s1. The molecule has 3 heterocycles. The van der Waals surface area contributed by atoms with Gasteiger partial charge in [0.2, 0.25) is 11.9 Å². The summed E-state index contributed by atoms with van der Waals surface area (Å²) in [6, 6.07) is 12.0. The van der Waals surface area contributed by atoms with Gasteiger partial charge in [-0.05, 0) is 41.8 Å². The zero-order valence-corrected chi connectivity index (χ0v) is 23.3. The Morgan fingerprint density at radius 3 is 2.23 bits per heavy atom. The van der Waals surface area contributed by atoms with Gasteiger partial charge >= 0.3 is 0 Å². The van der Waals surface area contributed by atoms with Crippen LogP contribution in [0.4, 0.5) is 11.6 Å². The molecule has 0 aliphatic heterocycles. The van der Waals surface area contributed by atoms with Crippen LogP contribution in [0.25, 0.3) is 17.1 Å². The van der Waals surface area contributed by atoms with Crippen LogP contribution in [-0.2, 0) is 4.79 Å². The minimum Gasteiger partial charge on any atom is -0.508 e. The number of nitrogens with zero attached hydrogens (tertiary/aromatic N) is 6. The molecule has 0 radical (unpaired) electrons. The monoisotopic (exact) mass is 601 g/mol. The van der Waals surface area contributed by atoms with Gasteiger partial charge in [0.25, 0.3) is 5.95 Å². The van der Waals surface area contributed by atoms with Crippen LogP contribution in [0.2, 0.25) is 0 Å². The maximum absolute atomic E-state index is 11.9. The number of fused-ring (bicyclic) bond motifs is 1. The molecule has 2 aromatic carbocycles. The van der Waals surface area contributed by atoms with Crippen LogP contribution in [-0.4, -0.2) is 92.1 Å². The van der Waals surface area contributed by atoms with Gasteiger partial charge in [-0.15, -0.1) is 0 Å². The zero-order valence-electron chi connectivity index (χ0n) is 23.3. The lowest BCUT2D eigenvalue weighted by Crippen LogP contribution is -2.44. The zero-order chi connectivity index (χ0) is 31.0. The number of nitrogens with two attached hydrogens (primary N) is 1. The number of aromatic hydroxyl groups is 2. The van der Waals surface area contributed by atoms with E-state index in [0.29, 0.717) is 29.3 Å². The SMILES string of the molecule is Nc1cnn(-c2ncc3nc(NCC(c4ccc(O)cc4)c4ccc(O)cc4)n([C@@H]4C[C@H](NC(=O)CO)[C@@H](O)[C@H]4O)c3n2)c1. The molecule has 1 amide bonds. The van der Waals surface area contributed by atoms with E-state index >= 15 is 0 Å². The van der Waals surface area contributed by atoms with E-state index in [1.807, 2.05) is 0 Å². The smallest absolute Gasteiger partial charge is 0.252 e. The molecule has 1 saturated carbocycles.